The number of rotatable bonds is 7. The number of carbonyl (C=O) groups excluding carboxylic acids is 1. The molecule has 0 aromatic heterocycles. The van der Waals surface area contributed by atoms with Gasteiger partial charge in [-0.05, 0) is 39.9 Å². The van der Waals surface area contributed by atoms with E-state index in [1.165, 1.54) is 0 Å². The molecule has 0 bridgehead atoms. The van der Waals surface area contributed by atoms with E-state index in [-0.39, 0.29) is 5.91 Å². The van der Waals surface area contributed by atoms with Gasteiger partial charge < -0.3 is 20.9 Å². The number of hydrogen-bond acceptors (Lipinski definition) is 4. The van der Waals surface area contributed by atoms with Crippen molar-refractivity contribution in [2.24, 2.45) is 5.73 Å². The Morgan fingerprint density at radius 1 is 1.39 bits per heavy atom. The monoisotopic (exact) mass is 256 g/mol. The van der Waals surface area contributed by atoms with Crippen LogP contribution in [-0.4, -0.2) is 68.1 Å². The van der Waals surface area contributed by atoms with E-state index in [0.29, 0.717) is 0 Å². The van der Waals surface area contributed by atoms with Crippen LogP contribution in [0.2, 0.25) is 0 Å². The quantitative estimate of drug-likeness (QED) is 0.666. The zero-order valence-electron chi connectivity index (χ0n) is 12.0. The van der Waals surface area contributed by atoms with Gasteiger partial charge in [-0.1, -0.05) is 6.92 Å². The fraction of sp³-hybridized carbons (Fsp3) is 0.923. The SMILES string of the molecule is CCCN1CCC(NCCN(C)C)(C(N)=O)CC1. The average molecular weight is 256 g/mol. The normalized spacial score (nSPS) is 20.2. The highest BCUT2D eigenvalue weighted by Gasteiger charge is 2.38. The number of nitrogens with zero attached hydrogens (tertiary/aromatic N) is 2. The summed E-state index contributed by atoms with van der Waals surface area (Å²) in [5.74, 6) is -0.197. The molecular weight excluding hydrogens is 228 g/mol. The number of nitrogens with one attached hydrogen (secondary N) is 1. The largest absolute Gasteiger partial charge is 0.368 e. The molecule has 0 saturated carbocycles. The summed E-state index contributed by atoms with van der Waals surface area (Å²) in [6, 6.07) is 0. The van der Waals surface area contributed by atoms with Gasteiger partial charge in [0.2, 0.25) is 5.91 Å². The van der Waals surface area contributed by atoms with E-state index in [4.69, 9.17) is 5.73 Å². The molecule has 0 atom stereocenters. The van der Waals surface area contributed by atoms with Gasteiger partial charge in [0.05, 0.1) is 0 Å². The van der Waals surface area contributed by atoms with E-state index in [1.54, 1.807) is 0 Å². The Morgan fingerprint density at radius 3 is 2.44 bits per heavy atom. The van der Waals surface area contributed by atoms with E-state index in [0.717, 1.165) is 52.0 Å². The molecule has 1 heterocycles. The van der Waals surface area contributed by atoms with Crippen molar-refractivity contribution in [3.05, 3.63) is 0 Å². The molecule has 1 aliphatic rings. The van der Waals surface area contributed by atoms with Crippen molar-refractivity contribution >= 4 is 5.91 Å². The Hall–Kier alpha value is -0.650. The van der Waals surface area contributed by atoms with E-state index in [1.807, 2.05) is 14.1 Å². The lowest BCUT2D eigenvalue weighted by molar-refractivity contribution is -0.126. The molecule has 0 aliphatic carbocycles. The highest BCUT2D eigenvalue weighted by molar-refractivity contribution is 5.84. The Bertz CT molecular complexity index is 260. The van der Waals surface area contributed by atoms with Crippen molar-refractivity contribution in [1.29, 1.82) is 0 Å². The van der Waals surface area contributed by atoms with Crippen LogP contribution in [0.4, 0.5) is 0 Å². The minimum absolute atomic E-state index is 0.197. The highest BCUT2D eigenvalue weighted by Crippen LogP contribution is 2.22. The predicted octanol–water partition coefficient (Wildman–Crippen LogP) is -0.132. The molecule has 1 aliphatic heterocycles. The molecule has 5 nitrogen and oxygen atoms in total. The number of carbonyl (C=O) groups is 1. The first-order valence-electron chi connectivity index (χ1n) is 6.92. The van der Waals surface area contributed by atoms with Gasteiger partial charge in [0.25, 0.3) is 0 Å². The van der Waals surface area contributed by atoms with Crippen molar-refractivity contribution in [3.63, 3.8) is 0 Å². The van der Waals surface area contributed by atoms with Crippen LogP contribution in [-0.2, 0) is 4.79 Å². The zero-order valence-corrected chi connectivity index (χ0v) is 12.0. The third kappa shape index (κ3) is 4.23. The third-order valence-electron chi connectivity index (χ3n) is 3.74. The maximum absolute atomic E-state index is 11.7. The summed E-state index contributed by atoms with van der Waals surface area (Å²) in [7, 11) is 4.06. The maximum Gasteiger partial charge on any atom is 0.237 e. The molecule has 0 radical (unpaired) electrons. The van der Waals surface area contributed by atoms with Gasteiger partial charge in [-0.2, -0.15) is 0 Å². The fourth-order valence-corrected chi connectivity index (χ4v) is 2.50. The molecule has 1 rings (SSSR count). The number of amides is 1. The molecule has 1 amide bonds. The number of hydrogen-bond donors (Lipinski definition) is 2. The summed E-state index contributed by atoms with van der Waals surface area (Å²) in [5, 5.41) is 3.39. The number of primary amides is 1. The Morgan fingerprint density at radius 2 is 2.00 bits per heavy atom. The van der Waals surface area contributed by atoms with Crippen molar-refractivity contribution < 1.29 is 4.79 Å². The van der Waals surface area contributed by atoms with Crippen molar-refractivity contribution in [1.82, 2.24) is 15.1 Å². The summed E-state index contributed by atoms with van der Waals surface area (Å²) in [5.41, 5.74) is 5.12. The first kappa shape index (κ1) is 15.4. The van der Waals surface area contributed by atoms with Gasteiger partial charge in [-0.3, -0.25) is 4.79 Å². The lowest BCUT2D eigenvalue weighted by Gasteiger charge is -2.40. The third-order valence-corrected chi connectivity index (χ3v) is 3.74. The second-order valence-corrected chi connectivity index (χ2v) is 5.52. The van der Waals surface area contributed by atoms with Crippen molar-refractivity contribution in [2.45, 2.75) is 31.7 Å². The van der Waals surface area contributed by atoms with Crippen LogP contribution in [0.15, 0.2) is 0 Å². The zero-order chi connectivity index (χ0) is 13.6. The molecular formula is C13H28N4O. The standard InChI is InChI=1S/C13H28N4O/c1-4-8-17-9-5-13(6-10-17,12(14)18)15-7-11-16(2)3/h15H,4-11H2,1-3H3,(H2,14,18). The van der Waals surface area contributed by atoms with Gasteiger partial charge in [-0.25, -0.2) is 0 Å². The van der Waals surface area contributed by atoms with Crippen LogP contribution in [0, 0.1) is 0 Å². The van der Waals surface area contributed by atoms with Crippen molar-refractivity contribution in [3.8, 4) is 0 Å². The summed E-state index contributed by atoms with van der Waals surface area (Å²) in [6.07, 6.45) is 2.82. The summed E-state index contributed by atoms with van der Waals surface area (Å²) in [6.45, 7) is 6.97. The molecule has 0 aromatic rings. The van der Waals surface area contributed by atoms with Gasteiger partial charge >= 0.3 is 0 Å². The first-order valence-corrected chi connectivity index (χ1v) is 6.92. The predicted molar refractivity (Wildman–Crippen MR) is 74.4 cm³/mol. The van der Waals surface area contributed by atoms with Crippen LogP contribution in [0.3, 0.4) is 0 Å². The number of likely N-dealkylation sites (N-methyl/N-ethyl adjacent to an activating group) is 1. The Kier molecular flexibility index (Phi) is 6.05. The van der Waals surface area contributed by atoms with Gasteiger partial charge in [-0.15, -0.1) is 0 Å². The molecule has 5 heteroatoms. The number of likely N-dealkylation sites (tertiary alicyclic amines) is 1. The molecule has 3 N–H and O–H groups in total. The maximum atomic E-state index is 11.7. The van der Waals surface area contributed by atoms with E-state index in [2.05, 4.69) is 22.0 Å². The fourth-order valence-electron chi connectivity index (χ4n) is 2.50. The summed E-state index contributed by atoms with van der Waals surface area (Å²) < 4.78 is 0. The van der Waals surface area contributed by atoms with Crippen LogP contribution in [0.1, 0.15) is 26.2 Å². The molecule has 0 aromatic carbocycles. The first-order chi connectivity index (χ1) is 8.50. The molecule has 1 saturated heterocycles. The van der Waals surface area contributed by atoms with Gasteiger partial charge in [0.1, 0.15) is 5.54 Å². The molecule has 0 spiro atoms. The van der Waals surface area contributed by atoms with E-state index < -0.39 is 5.54 Å². The summed E-state index contributed by atoms with van der Waals surface area (Å²) in [4.78, 5) is 16.3. The Balaban J connectivity index is 2.48. The van der Waals surface area contributed by atoms with Crippen LogP contribution >= 0.6 is 0 Å². The van der Waals surface area contributed by atoms with Crippen LogP contribution in [0.25, 0.3) is 0 Å². The second-order valence-electron chi connectivity index (χ2n) is 5.52. The smallest absolute Gasteiger partial charge is 0.237 e. The number of nitrogens with two attached hydrogens (primary N) is 1. The molecule has 106 valence electrons. The Labute approximate surface area is 111 Å². The molecule has 1 fully saturated rings. The van der Waals surface area contributed by atoms with Crippen molar-refractivity contribution in [2.75, 3.05) is 46.8 Å². The van der Waals surface area contributed by atoms with Crippen LogP contribution in [0.5, 0.6) is 0 Å². The van der Waals surface area contributed by atoms with Crippen LogP contribution < -0.4 is 11.1 Å². The lowest BCUT2D eigenvalue weighted by atomic mass is 9.86. The van der Waals surface area contributed by atoms with E-state index >= 15 is 0 Å². The average Bonchev–Trinajstić information content (AvgIpc) is 2.31. The second kappa shape index (κ2) is 7.07. The van der Waals surface area contributed by atoms with Gasteiger partial charge in [0.15, 0.2) is 0 Å². The topological polar surface area (TPSA) is 61.6 Å². The van der Waals surface area contributed by atoms with Gasteiger partial charge in [0, 0.05) is 26.2 Å². The molecule has 0 unspecified atom stereocenters. The molecule has 18 heavy (non-hydrogen) atoms. The number of piperidine rings is 1. The highest BCUT2D eigenvalue weighted by atomic mass is 16.1. The summed E-state index contributed by atoms with van der Waals surface area (Å²) >= 11 is 0. The minimum atomic E-state index is -0.486. The lowest BCUT2D eigenvalue weighted by Crippen LogP contribution is -2.61. The minimum Gasteiger partial charge on any atom is -0.368 e. The van der Waals surface area contributed by atoms with E-state index in [9.17, 15) is 4.79 Å².